The van der Waals surface area contributed by atoms with Crippen LogP contribution in [0.4, 0.5) is 0 Å². The number of hydrogen-bond acceptors (Lipinski definition) is 3. The first-order valence-electron chi connectivity index (χ1n) is 3.68. The van der Waals surface area contributed by atoms with Gasteiger partial charge in [-0.3, -0.25) is 0 Å². The van der Waals surface area contributed by atoms with E-state index >= 15 is 0 Å². The highest BCUT2D eigenvalue weighted by Gasteiger charge is 2.21. The van der Waals surface area contributed by atoms with Gasteiger partial charge in [-0.05, 0) is 0 Å². The number of oxazole rings is 1. The van der Waals surface area contributed by atoms with Crippen LogP contribution in [-0.4, -0.2) is 4.98 Å². The van der Waals surface area contributed by atoms with Gasteiger partial charge in [-0.2, -0.15) is 0 Å². The Labute approximate surface area is 66.6 Å². The molecule has 0 aliphatic rings. The van der Waals surface area contributed by atoms with Crippen molar-refractivity contribution < 1.29 is 4.42 Å². The molecule has 1 aromatic heterocycles. The molecule has 0 unspecified atom stereocenters. The Morgan fingerprint density at radius 1 is 1.55 bits per heavy atom. The lowest BCUT2D eigenvalue weighted by molar-refractivity contribution is 0.486. The summed E-state index contributed by atoms with van der Waals surface area (Å²) < 4.78 is 5.10. The van der Waals surface area contributed by atoms with E-state index in [1.807, 2.05) is 0 Å². The second kappa shape index (κ2) is 2.66. The predicted octanol–water partition coefficient (Wildman–Crippen LogP) is 1.43. The Hall–Kier alpha value is -0.830. The van der Waals surface area contributed by atoms with Crippen molar-refractivity contribution in [2.75, 3.05) is 0 Å². The summed E-state index contributed by atoms with van der Waals surface area (Å²) in [5.74, 6) is 0.789. The van der Waals surface area contributed by atoms with Gasteiger partial charge in [0.15, 0.2) is 6.39 Å². The number of nitrogens with two attached hydrogens (primary N) is 1. The van der Waals surface area contributed by atoms with Crippen molar-refractivity contribution in [3.8, 4) is 0 Å². The van der Waals surface area contributed by atoms with Gasteiger partial charge in [-0.25, -0.2) is 4.98 Å². The Balaban J connectivity index is 3.02. The minimum atomic E-state index is 0.0295. The first-order valence-corrected chi connectivity index (χ1v) is 3.68. The Morgan fingerprint density at radius 3 is 2.55 bits per heavy atom. The zero-order valence-corrected chi connectivity index (χ0v) is 7.22. The van der Waals surface area contributed by atoms with Gasteiger partial charge in [0.25, 0.3) is 0 Å². The summed E-state index contributed by atoms with van der Waals surface area (Å²) >= 11 is 0. The van der Waals surface area contributed by atoms with E-state index in [-0.39, 0.29) is 5.41 Å². The normalized spacial score (nSPS) is 12.0. The van der Waals surface area contributed by atoms with Crippen LogP contribution >= 0.6 is 0 Å². The summed E-state index contributed by atoms with van der Waals surface area (Å²) in [5, 5.41) is 0. The largest absolute Gasteiger partial charge is 0.447 e. The van der Waals surface area contributed by atoms with Crippen molar-refractivity contribution in [2.45, 2.75) is 32.7 Å². The summed E-state index contributed by atoms with van der Waals surface area (Å²) in [4.78, 5) is 4.11. The molecule has 3 nitrogen and oxygen atoms in total. The maximum atomic E-state index is 5.46. The highest BCUT2D eigenvalue weighted by molar-refractivity contribution is 5.16. The van der Waals surface area contributed by atoms with Crippen LogP contribution in [0.1, 0.15) is 32.2 Å². The topological polar surface area (TPSA) is 52.0 Å². The van der Waals surface area contributed by atoms with Crippen molar-refractivity contribution in [3.05, 3.63) is 17.8 Å². The number of rotatable bonds is 1. The van der Waals surface area contributed by atoms with Crippen LogP contribution < -0.4 is 5.73 Å². The van der Waals surface area contributed by atoms with Crippen molar-refractivity contribution in [1.29, 1.82) is 0 Å². The molecule has 0 bridgehead atoms. The van der Waals surface area contributed by atoms with Crippen molar-refractivity contribution in [3.63, 3.8) is 0 Å². The molecule has 11 heavy (non-hydrogen) atoms. The fourth-order valence-corrected chi connectivity index (χ4v) is 1.03. The lowest BCUT2D eigenvalue weighted by atomic mass is 9.91. The first kappa shape index (κ1) is 8.27. The molecule has 0 radical (unpaired) electrons. The molecule has 0 aliphatic carbocycles. The van der Waals surface area contributed by atoms with Crippen molar-refractivity contribution in [1.82, 2.24) is 4.98 Å². The molecule has 0 amide bonds. The maximum Gasteiger partial charge on any atom is 0.181 e. The molecule has 3 heteroatoms. The molecule has 0 atom stereocenters. The highest BCUT2D eigenvalue weighted by Crippen LogP contribution is 2.23. The van der Waals surface area contributed by atoms with Gasteiger partial charge < -0.3 is 10.2 Å². The smallest absolute Gasteiger partial charge is 0.181 e. The number of aromatic nitrogens is 1. The molecule has 62 valence electrons. The Bertz CT molecular complexity index is 234. The van der Waals surface area contributed by atoms with Gasteiger partial charge in [0.2, 0.25) is 0 Å². The third kappa shape index (κ3) is 1.60. The quantitative estimate of drug-likeness (QED) is 0.665. The van der Waals surface area contributed by atoms with Crippen LogP contribution in [0.3, 0.4) is 0 Å². The summed E-state index contributed by atoms with van der Waals surface area (Å²) in [6, 6.07) is 0. The fourth-order valence-electron chi connectivity index (χ4n) is 1.03. The van der Waals surface area contributed by atoms with E-state index < -0.39 is 0 Å². The lowest BCUT2D eigenvalue weighted by Gasteiger charge is -2.15. The maximum absolute atomic E-state index is 5.46. The molecule has 2 N–H and O–H groups in total. The molecule has 0 fully saturated rings. The van der Waals surface area contributed by atoms with Gasteiger partial charge in [0.05, 0.1) is 12.2 Å². The Morgan fingerprint density at radius 2 is 2.18 bits per heavy atom. The van der Waals surface area contributed by atoms with E-state index in [1.54, 1.807) is 0 Å². The summed E-state index contributed by atoms with van der Waals surface area (Å²) in [5.41, 5.74) is 6.45. The molecule has 1 aromatic rings. The van der Waals surface area contributed by atoms with Crippen LogP contribution in [-0.2, 0) is 12.0 Å². The highest BCUT2D eigenvalue weighted by atomic mass is 16.3. The third-order valence-electron chi connectivity index (χ3n) is 1.54. The monoisotopic (exact) mass is 154 g/mol. The van der Waals surface area contributed by atoms with E-state index in [0.29, 0.717) is 6.54 Å². The van der Waals surface area contributed by atoms with Crippen LogP contribution in [0.2, 0.25) is 0 Å². The van der Waals surface area contributed by atoms with E-state index in [9.17, 15) is 0 Å². The zero-order chi connectivity index (χ0) is 8.48. The average molecular weight is 154 g/mol. The second-order valence-corrected chi connectivity index (χ2v) is 3.58. The Kier molecular flexibility index (Phi) is 2.00. The molecule has 0 aliphatic heterocycles. The summed E-state index contributed by atoms with van der Waals surface area (Å²) in [6.07, 6.45) is 1.45. The summed E-state index contributed by atoms with van der Waals surface area (Å²) in [7, 11) is 0. The van der Waals surface area contributed by atoms with Gasteiger partial charge >= 0.3 is 0 Å². The van der Waals surface area contributed by atoms with E-state index in [4.69, 9.17) is 10.2 Å². The van der Waals surface area contributed by atoms with Gasteiger partial charge in [0, 0.05) is 5.41 Å². The van der Waals surface area contributed by atoms with Crippen LogP contribution in [0, 0.1) is 0 Å². The van der Waals surface area contributed by atoms with E-state index in [1.165, 1.54) is 6.39 Å². The minimum Gasteiger partial charge on any atom is -0.447 e. The molecule has 1 rings (SSSR count). The first-order chi connectivity index (χ1) is 5.05. The molecule has 0 saturated carbocycles. The van der Waals surface area contributed by atoms with Gasteiger partial charge in [-0.1, -0.05) is 20.8 Å². The van der Waals surface area contributed by atoms with E-state index in [0.717, 1.165) is 11.5 Å². The zero-order valence-electron chi connectivity index (χ0n) is 7.22. The summed E-state index contributed by atoms with van der Waals surface area (Å²) in [6.45, 7) is 6.69. The number of hydrogen-bond donors (Lipinski definition) is 1. The molecule has 0 spiro atoms. The standard InChI is InChI=1S/C8H14N2O/c1-8(2,3)7-6(4-9)11-5-10-7/h5H,4,9H2,1-3H3. The van der Waals surface area contributed by atoms with E-state index in [2.05, 4.69) is 25.8 Å². The third-order valence-corrected chi connectivity index (χ3v) is 1.54. The molecule has 0 saturated heterocycles. The molecular weight excluding hydrogens is 140 g/mol. The van der Waals surface area contributed by atoms with Gasteiger partial charge in [0.1, 0.15) is 5.76 Å². The van der Waals surface area contributed by atoms with Crippen molar-refractivity contribution >= 4 is 0 Å². The number of nitrogens with zero attached hydrogens (tertiary/aromatic N) is 1. The SMILES string of the molecule is CC(C)(C)c1ncoc1CN. The molecule has 0 aromatic carbocycles. The molecular formula is C8H14N2O. The minimum absolute atomic E-state index is 0.0295. The average Bonchev–Trinajstić information content (AvgIpc) is 2.31. The predicted molar refractivity (Wildman–Crippen MR) is 43.1 cm³/mol. The lowest BCUT2D eigenvalue weighted by Crippen LogP contribution is -2.15. The molecule has 1 heterocycles. The van der Waals surface area contributed by atoms with Crippen molar-refractivity contribution in [2.24, 2.45) is 5.73 Å². The van der Waals surface area contributed by atoms with Gasteiger partial charge in [-0.15, -0.1) is 0 Å². The fraction of sp³-hybridized carbons (Fsp3) is 0.625. The van der Waals surface area contributed by atoms with Crippen LogP contribution in [0.25, 0.3) is 0 Å². The van der Waals surface area contributed by atoms with Crippen LogP contribution in [0.5, 0.6) is 0 Å². The van der Waals surface area contributed by atoms with Crippen LogP contribution in [0.15, 0.2) is 10.8 Å². The second-order valence-electron chi connectivity index (χ2n) is 3.58.